The molecule has 1 N–H and O–H groups in total. The van der Waals surface area contributed by atoms with E-state index in [4.69, 9.17) is 0 Å². The Morgan fingerprint density at radius 1 is 1.16 bits per heavy atom. The number of hydrogen-bond donors (Lipinski definition) is 1. The van der Waals surface area contributed by atoms with Gasteiger partial charge in [-0.25, -0.2) is 13.4 Å². The number of aromatic nitrogens is 2. The van der Waals surface area contributed by atoms with Crippen molar-refractivity contribution < 1.29 is 13.2 Å². The number of amides is 1. The van der Waals surface area contributed by atoms with Crippen molar-refractivity contribution in [1.29, 1.82) is 0 Å². The fraction of sp³-hybridized carbons (Fsp3) is 0.391. The van der Waals surface area contributed by atoms with E-state index in [-0.39, 0.29) is 23.3 Å². The van der Waals surface area contributed by atoms with E-state index in [1.807, 2.05) is 22.7 Å². The molecule has 2 aromatic heterocycles. The molecular formula is C23H26N4O3S. The zero-order chi connectivity index (χ0) is 21.6. The van der Waals surface area contributed by atoms with Crippen molar-refractivity contribution in [3.05, 3.63) is 53.7 Å². The molecule has 1 aliphatic heterocycles. The first-order chi connectivity index (χ1) is 14.9. The molecule has 1 saturated carbocycles. The smallest absolute Gasteiger partial charge is 0.228 e. The van der Waals surface area contributed by atoms with Crippen molar-refractivity contribution in [2.45, 2.75) is 26.3 Å². The summed E-state index contributed by atoms with van der Waals surface area (Å²) in [6.07, 6.45) is 3.80. The van der Waals surface area contributed by atoms with Crippen molar-refractivity contribution in [3.8, 4) is 11.3 Å². The Balaban J connectivity index is 1.38. The van der Waals surface area contributed by atoms with E-state index < -0.39 is 9.84 Å². The summed E-state index contributed by atoms with van der Waals surface area (Å²) in [6.45, 7) is 4.02. The summed E-state index contributed by atoms with van der Waals surface area (Å²) >= 11 is 0. The average molecular weight is 439 g/mol. The van der Waals surface area contributed by atoms with Gasteiger partial charge < -0.3 is 5.32 Å². The molecule has 2 fully saturated rings. The van der Waals surface area contributed by atoms with Crippen molar-refractivity contribution in [1.82, 2.24) is 14.3 Å². The molecule has 0 bridgehead atoms. The second-order valence-electron chi connectivity index (χ2n) is 8.61. The molecule has 1 aromatic carbocycles. The molecule has 31 heavy (non-hydrogen) atoms. The molecule has 7 nitrogen and oxygen atoms in total. The highest BCUT2D eigenvalue weighted by molar-refractivity contribution is 7.91. The van der Waals surface area contributed by atoms with Gasteiger partial charge in [0.2, 0.25) is 5.91 Å². The Hall–Kier alpha value is -2.71. The first kappa shape index (κ1) is 20.2. The van der Waals surface area contributed by atoms with Crippen LogP contribution in [0, 0.1) is 12.8 Å². The number of imidazole rings is 1. The van der Waals surface area contributed by atoms with Gasteiger partial charge in [-0.3, -0.25) is 14.1 Å². The fourth-order valence-electron chi connectivity index (χ4n) is 4.14. The summed E-state index contributed by atoms with van der Waals surface area (Å²) in [5.41, 5.74) is 5.24. The number of nitrogens with one attached hydrogen (secondary N) is 1. The van der Waals surface area contributed by atoms with Gasteiger partial charge in [0.25, 0.3) is 0 Å². The minimum absolute atomic E-state index is 0.0519. The van der Waals surface area contributed by atoms with E-state index in [1.165, 1.54) is 5.56 Å². The molecular weight excluding hydrogens is 412 g/mol. The molecule has 8 heteroatoms. The third kappa shape index (κ3) is 4.36. The fourth-order valence-corrected chi connectivity index (χ4v) is 5.42. The van der Waals surface area contributed by atoms with Gasteiger partial charge in [0.15, 0.2) is 15.7 Å². The highest BCUT2D eigenvalue weighted by Crippen LogP contribution is 2.31. The third-order valence-electron chi connectivity index (χ3n) is 6.10. The highest BCUT2D eigenvalue weighted by atomic mass is 32.2. The van der Waals surface area contributed by atoms with Crippen molar-refractivity contribution in [2.24, 2.45) is 5.92 Å². The van der Waals surface area contributed by atoms with Crippen LogP contribution in [0.3, 0.4) is 0 Å². The minimum Gasteiger partial charge on any atom is -0.309 e. The normalized spacial score (nSPS) is 18.9. The molecule has 3 heterocycles. The number of aryl methyl sites for hydroxylation is 1. The number of benzene rings is 1. The maximum absolute atomic E-state index is 12.1. The molecule has 3 aromatic rings. The highest BCUT2D eigenvalue weighted by Gasteiger charge is 2.30. The van der Waals surface area contributed by atoms with E-state index in [9.17, 15) is 13.2 Å². The molecule has 0 spiro atoms. The summed E-state index contributed by atoms with van der Waals surface area (Å²) in [7, 11) is -2.86. The van der Waals surface area contributed by atoms with E-state index >= 15 is 0 Å². The minimum atomic E-state index is -2.86. The predicted molar refractivity (Wildman–Crippen MR) is 121 cm³/mol. The lowest BCUT2D eigenvalue weighted by Crippen LogP contribution is -2.39. The Kier molecular flexibility index (Phi) is 5.06. The third-order valence-corrected chi connectivity index (χ3v) is 7.71. The molecule has 2 aliphatic rings. The number of fused-ring (bicyclic) bond motifs is 1. The lowest BCUT2D eigenvalue weighted by molar-refractivity contribution is -0.117. The average Bonchev–Trinajstić information content (AvgIpc) is 3.50. The summed E-state index contributed by atoms with van der Waals surface area (Å²) in [5, 5.41) is 2.93. The number of pyridine rings is 1. The van der Waals surface area contributed by atoms with Gasteiger partial charge >= 0.3 is 0 Å². The second kappa shape index (κ2) is 7.76. The van der Waals surface area contributed by atoms with Gasteiger partial charge in [-0.1, -0.05) is 24.3 Å². The van der Waals surface area contributed by atoms with E-state index in [1.54, 1.807) is 0 Å². The molecule has 162 valence electrons. The number of nitrogens with zero attached hydrogens (tertiary/aromatic N) is 3. The van der Waals surface area contributed by atoms with Gasteiger partial charge in [0.1, 0.15) is 5.65 Å². The van der Waals surface area contributed by atoms with Gasteiger partial charge in [-0.05, 0) is 43.0 Å². The maximum Gasteiger partial charge on any atom is 0.228 e. The molecule has 0 unspecified atom stereocenters. The number of carbonyl (C=O) groups excluding carboxylic acids is 1. The lowest BCUT2D eigenvalue weighted by atomic mass is 10.0. The Morgan fingerprint density at radius 2 is 1.94 bits per heavy atom. The number of sulfone groups is 1. The maximum atomic E-state index is 12.1. The van der Waals surface area contributed by atoms with Gasteiger partial charge in [0.05, 0.1) is 23.4 Å². The van der Waals surface area contributed by atoms with Crippen LogP contribution in [0.25, 0.3) is 16.9 Å². The van der Waals surface area contributed by atoms with E-state index in [2.05, 4.69) is 46.4 Å². The first-order valence-electron chi connectivity index (χ1n) is 10.7. The SMILES string of the molecule is Cc1cc(CN2CCS(=O)(=O)CC2)ccc1-c1cccc2nc(NC(=O)C3CC3)cn12. The van der Waals surface area contributed by atoms with Crippen LogP contribution in [0.1, 0.15) is 24.0 Å². The number of hydrogen-bond acceptors (Lipinski definition) is 5. The summed E-state index contributed by atoms with van der Waals surface area (Å²) < 4.78 is 25.3. The second-order valence-corrected chi connectivity index (χ2v) is 10.9. The van der Waals surface area contributed by atoms with Crippen LogP contribution in [-0.2, 0) is 21.2 Å². The summed E-state index contributed by atoms with van der Waals surface area (Å²) in [6, 6.07) is 12.4. The molecule has 0 radical (unpaired) electrons. The summed E-state index contributed by atoms with van der Waals surface area (Å²) in [4.78, 5) is 18.9. The zero-order valence-corrected chi connectivity index (χ0v) is 18.4. The molecule has 5 rings (SSSR count). The van der Waals surface area contributed by atoms with Crippen LogP contribution in [0.15, 0.2) is 42.6 Å². The van der Waals surface area contributed by atoms with Gasteiger partial charge in [-0.15, -0.1) is 0 Å². The van der Waals surface area contributed by atoms with Crippen LogP contribution in [0.2, 0.25) is 0 Å². The Morgan fingerprint density at radius 3 is 2.65 bits per heavy atom. The van der Waals surface area contributed by atoms with Gasteiger partial charge in [-0.2, -0.15) is 0 Å². The Bertz CT molecular complexity index is 1250. The van der Waals surface area contributed by atoms with Crippen LogP contribution in [0.5, 0.6) is 0 Å². The van der Waals surface area contributed by atoms with Crippen LogP contribution >= 0.6 is 0 Å². The van der Waals surface area contributed by atoms with E-state index in [0.29, 0.717) is 18.9 Å². The van der Waals surface area contributed by atoms with Gasteiger partial charge in [0, 0.05) is 31.1 Å². The first-order valence-corrected chi connectivity index (χ1v) is 12.5. The van der Waals surface area contributed by atoms with Crippen molar-refractivity contribution in [2.75, 3.05) is 29.9 Å². The van der Waals surface area contributed by atoms with Crippen molar-refractivity contribution in [3.63, 3.8) is 0 Å². The van der Waals surface area contributed by atoms with Crippen LogP contribution in [-0.4, -0.2) is 53.2 Å². The summed E-state index contributed by atoms with van der Waals surface area (Å²) in [5.74, 6) is 1.26. The zero-order valence-electron chi connectivity index (χ0n) is 17.5. The quantitative estimate of drug-likeness (QED) is 0.662. The van der Waals surface area contributed by atoms with Crippen molar-refractivity contribution >= 4 is 27.2 Å². The van der Waals surface area contributed by atoms with E-state index in [0.717, 1.165) is 41.9 Å². The van der Waals surface area contributed by atoms with Crippen LogP contribution < -0.4 is 5.32 Å². The molecule has 1 amide bonds. The number of rotatable bonds is 5. The molecule has 1 saturated heterocycles. The Labute approximate surface area is 182 Å². The standard InChI is InChI=1S/C23H26N4O3S/c1-16-13-17(14-26-9-11-31(29,30)12-10-26)5-8-19(16)20-3-2-4-22-24-21(15-27(20)22)25-23(28)18-6-7-18/h2-5,8,13,15,18H,6-7,9-12,14H2,1H3,(H,25,28). The number of anilines is 1. The topological polar surface area (TPSA) is 83.8 Å². The molecule has 0 atom stereocenters. The largest absolute Gasteiger partial charge is 0.309 e. The number of carbonyl (C=O) groups is 1. The lowest BCUT2D eigenvalue weighted by Gasteiger charge is -2.26. The van der Waals surface area contributed by atoms with Crippen LogP contribution in [0.4, 0.5) is 5.82 Å². The monoisotopic (exact) mass is 438 g/mol. The molecule has 1 aliphatic carbocycles. The predicted octanol–water partition coefficient (Wildman–Crippen LogP) is 2.89.